The Morgan fingerprint density at radius 3 is 2.14 bits per heavy atom. The van der Waals surface area contributed by atoms with E-state index in [1.54, 1.807) is 42.5 Å². The molecule has 0 saturated carbocycles. The summed E-state index contributed by atoms with van der Waals surface area (Å²) in [7, 11) is 0.571. The molecular weight excluding hydrogens is 382 g/mol. The topological polar surface area (TPSA) is 99.6 Å². The highest BCUT2D eigenvalue weighted by Crippen LogP contribution is 2.30. The smallest absolute Gasteiger partial charge is 0.265 e. The molecule has 1 heterocycles. The Labute approximate surface area is 163 Å². The van der Waals surface area contributed by atoms with Gasteiger partial charge in [0, 0.05) is 23.4 Å². The number of ether oxygens (including phenoxy) is 3. The Morgan fingerprint density at radius 1 is 0.821 bits per heavy atom. The molecule has 3 aromatic rings. The van der Waals surface area contributed by atoms with E-state index in [2.05, 4.69) is 14.9 Å². The standard InChI is InChI=1S/C19H19N3O5S/c1-25-15-8-10-18(17(12-15)26-2)28(23,24)22-14-6-4-13(5-7-14)16-9-11-19(27-3)21-20-16/h4-12,22H,1-3H3. The van der Waals surface area contributed by atoms with Crippen LogP contribution in [0.5, 0.6) is 17.4 Å². The molecule has 0 spiro atoms. The van der Waals surface area contributed by atoms with Crippen molar-refractivity contribution in [2.24, 2.45) is 0 Å². The van der Waals surface area contributed by atoms with Gasteiger partial charge in [-0.05, 0) is 30.3 Å². The van der Waals surface area contributed by atoms with Gasteiger partial charge >= 0.3 is 0 Å². The van der Waals surface area contributed by atoms with Gasteiger partial charge in [-0.1, -0.05) is 12.1 Å². The maximum absolute atomic E-state index is 12.7. The molecule has 2 aromatic carbocycles. The molecule has 1 aromatic heterocycles. The highest BCUT2D eigenvalue weighted by Gasteiger charge is 2.20. The van der Waals surface area contributed by atoms with Crippen LogP contribution in [0.25, 0.3) is 11.3 Å². The highest BCUT2D eigenvalue weighted by atomic mass is 32.2. The molecule has 0 fully saturated rings. The minimum Gasteiger partial charge on any atom is -0.497 e. The maximum atomic E-state index is 12.7. The second kappa shape index (κ2) is 8.13. The van der Waals surface area contributed by atoms with Crippen molar-refractivity contribution in [3.63, 3.8) is 0 Å². The number of anilines is 1. The van der Waals surface area contributed by atoms with E-state index in [4.69, 9.17) is 14.2 Å². The molecule has 9 heteroatoms. The van der Waals surface area contributed by atoms with Crippen LogP contribution in [0.4, 0.5) is 5.69 Å². The maximum Gasteiger partial charge on any atom is 0.265 e. The van der Waals surface area contributed by atoms with E-state index < -0.39 is 10.0 Å². The number of nitrogens with one attached hydrogen (secondary N) is 1. The fourth-order valence-electron chi connectivity index (χ4n) is 2.50. The van der Waals surface area contributed by atoms with Gasteiger partial charge in [-0.15, -0.1) is 10.2 Å². The Hall–Kier alpha value is -3.33. The van der Waals surface area contributed by atoms with Crippen LogP contribution in [-0.4, -0.2) is 39.9 Å². The zero-order chi connectivity index (χ0) is 20.1. The number of sulfonamides is 1. The van der Waals surface area contributed by atoms with Crippen LogP contribution in [0.3, 0.4) is 0 Å². The Morgan fingerprint density at radius 2 is 1.57 bits per heavy atom. The summed E-state index contributed by atoms with van der Waals surface area (Å²) in [6.07, 6.45) is 0. The molecule has 0 atom stereocenters. The monoisotopic (exact) mass is 401 g/mol. The third-order valence-corrected chi connectivity index (χ3v) is 5.36. The molecule has 0 saturated heterocycles. The molecule has 0 unspecified atom stereocenters. The Kier molecular flexibility index (Phi) is 5.65. The van der Waals surface area contributed by atoms with E-state index in [1.807, 2.05) is 0 Å². The van der Waals surface area contributed by atoms with Gasteiger partial charge in [0.2, 0.25) is 5.88 Å². The molecule has 0 aliphatic carbocycles. The molecule has 28 heavy (non-hydrogen) atoms. The predicted octanol–water partition coefficient (Wildman–Crippen LogP) is 2.97. The zero-order valence-corrected chi connectivity index (χ0v) is 16.4. The van der Waals surface area contributed by atoms with Gasteiger partial charge in [-0.25, -0.2) is 8.42 Å². The number of benzene rings is 2. The molecular formula is C19H19N3O5S. The minimum atomic E-state index is -3.84. The van der Waals surface area contributed by atoms with E-state index in [-0.39, 0.29) is 10.6 Å². The van der Waals surface area contributed by atoms with Crippen molar-refractivity contribution in [1.29, 1.82) is 0 Å². The van der Waals surface area contributed by atoms with Crippen LogP contribution in [0.1, 0.15) is 0 Å². The van der Waals surface area contributed by atoms with E-state index in [9.17, 15) is 8.42 Å². The third-order valence-electron chi connectivity index (χ3n) is 3.94. The Bertz CT molecular complexity index is 1050. The number of rotatable bonds is 7. The van der Waals surface area contributed by atoms with E-state index in [0.29, 0.717) is 23.0 Å². The first-order valence-electron chi connectivity index (χ1n) is 8.20. The third kappa shape index (κ3) is 4.15. The largest absolute Gasteiger partial charge is 0.497 e. The van der Waals surface area contributed by atoms with Crippen molar-refractivity contribution < 1.29 is 22.6 Å². The lowest BCUT2D eigenvalue weighted by molar-refractivity contribution is 0.386. The first kappa shape index (κ1) is 19.4. The average Bonchev–Trinajstić information content (AvgIpc) is 2.73. The summed E-state index contributed by atoms with van der Waals surface area (Å²) in [5, 5.41) is 7.99. The van der Waals surface area contributed by atoms with Gasteiger partial charge in [0.15, 0.2) is 0 Å². The van der Waals surface area contributed by atoms with E-state index in [0.717, 1.165) is 5.56 Å². The van der Waals surface area contributed by atoms with E-state index in [1.165, 1.54) is 33.5 Å². The molecule has 8 nitrogen and oxygen atoms in total. The second-order valence-electron chi connectivity index (χ2n) is 5.66. The Balaban J connectivity index is 1.83. The summed E-state index contributed by atoms with van der Waals surface area (Å²) in [6.45, 7) is 0. The lowest BCUT2D eigenvalue weighted by atomic mass is 10.1. The number of aromatic nitrogens is 2. The molecule has 1 N–H and O–H groups in total. The summed E-state index contributed by atoms with van der Waals surface area (Å²) >= 11 is 0. The van der Waals surface area contributed by atoms with E-state index >= 15 is 0 Å². The van der Waals surface area contributed by atoms with Gasteiger partial charge in [-0.3, -0.25) is 4.72 Å². The molecule has 0 radical (unpaired) electrons. The van der Waals surface area contributed by atoms with Crippen LogP contribution >= 0.6 is 0 Å². The summed E-state index contributed by atoms with van der Waals surface area (Å²) in [6, 6.07) is 14.8. The minimum absolute atomic E-state index is 0.0147. The average molecular weight is 401 g/mol. The van der Waals surface area contributed by atoms with Crippen LogP contribution < -0.4 is 18.9 Å². The van der Waals surface area contributed by atoms with Gasteiger partial charge in [0.25, 0.3) is 10.0 Å². The molecule has 0 amide bonds. The molecule has 146 valence electrons. The van der Waals surface area contributed by atoms with Crippen molar-refractivity contribution in [1.82, 2.24) is 10.2 Å². The van der Waals surface area contributed by atoms with Crippen molar-refractivity contribution >= 4 is 15.7 Å². The van der Waals surface area contributed by atoms with Gasteiger partial charge < -0.3 is 14.2 Å². The lowest BCUT2D eigenvalue weighted by Gasteiger charge is -2.13. The zero-order valence-electron chi connectivity index (χ0n) is 15.5. The summed E-state index contributed by atoms with van der Waals surface area (Å²) in [4.78, 5) is 0.0147. The fourth-order valence-corrected chi connectivity index (χ4v) is 3.71. The number of hydrogen-bond donors (Lipinski definition) is 1. The quantitative estimate of drug-likeness (QED) is 0.650. The first-order valence-corrected chi connectivity index (χ1v) is 9.68. The van der Waals surface area contributed by atoms with Crippen LogP contribution in [-0.2, 0) is 10.0 Å². The van der Waals surface area contributed by atoms with Crippen molar-refractivity contribution in [2.45, 2.75) is 4.90 Å². The number of nitrogens with zero attached hydrogens (tertiary/aromatic N) is 2. The first-order chi connectivity index (χ1) is 13.5. The SMILES string of the molecule is COc1ccc(S(=O)(=O)Nc2ccc(-c3ccc(OC)nn3)cc2)c(OC)c1. The van der Waals surface area contributed by atoms with Crippen molar-refractivity contribution in [3.8, 4) is 28.6 Å². The molecule has 0 aliphatic heterocycles. The number of hydrogen-bond acceptors (Lipinski definition) is 7. The fraction of sp³-hybridized carbons (Fsp3) is 0.158. The normalized spacial score (nSPS) is 11.0. The van der Waals surface area contributed by atoms with Crippen LogP contribution in [0.15, 0.2) is 59.5 Å². The van der Waals surface area contributed by atoms with Gasteiger partial charge in [-0.2, -0.15) is 0 Å². The second-order valence-corrected chi connectivity index (χ2v) is 7.31. The number of methoxy groups -OCH3 is 3. The van der Waals surface area contributed by atoms with Crippen LogP contribution in [0.2, 0.25) is 0 Å². The van der Waals surface area contributed by atoms with Gasteiger partial charge in [0.1, 0.15) is 16.4 Å². The van der Waals surface area contributed by atoms with Gasteiger partial charge in [0.05, 0.1) is 27.0 Å². The highest BCUT2D eigenvalue weighted by molar-refractivity contribution is 7.92. The van der Waals surface area contributed by atoms with Crippen molar-refractivity contribution in [3.05, 3.63) is 54.6 Å². The lowest BCUT2D eigenvalue weighted by Crippen LogP contribution is -2.14. The summed E-state index contributed by atoms with van der Waals surface area (Å²) in [5.41, 5.74) is 1.84. The predicted molar refractivity (Wildman–Crippen MR) is 104 cm³/mol. The molecule has 0 aliphatic rings. The summed E-state index contributed by atoms with van der Waals surface area (Å²) in [5.74, 6) is 1.11. The molecule has 0 bridgehead atoms. The summed E-state index contributed by atoms with van der Waals surface area (Å²) < 4.78 is 43.3. The van der Waals surface area contributed by atoms with Crippen LogP contribution in [0, 0.1) is 0 Å². The molecule has 3 rings (SSSR count). The van der Waals surface area contributed by atoms with Crippen molar-refractivity contribution in [2.75, 3.05) is 26.1 Å².